The van der Waals surface area contributed by atoms with Crippen molar-refractivity contribution in [1.82, 2.24) is 14.7 Å². The summed E-state index contributed by atoms with van der Waals surface area (Å²) in [6, 6.07) is 22.6. The molecular weight excluding hydrogens is 454 g/mol. The molecule has 2 amide bonds. The van der Waals surface area contributed by atoms with Crippen molar-refractivity contribution in [2.45, 2.75) is 32.5 Å². The van der Waals surface area contributed by atoms with Gasteiger partial charge < -0.3 is 9.80 Å². The Kier molecular flexibility index (Phi) is 5.78. The molecule has 0 aliphatic carbocycles. The molecule has 3 aromatic carbocycles. The number of piperazine rings is 2. The van der Waals surface area contributed by atoms with Gasteiger partial charge in [0, 0.05) is 42.3 Å². The lowest BCUT2D eigenvalue weighted by molar-refractivity contribution is -0.160. The van der Waals surface area contributed by atoms with Crippen LogP contribution in [0.1, 0.15) is 22.9 Å². The minimum atomic E-state index is -0.407. The van der Waals surface area contributed by atoms with Gasteiger partial charge in [0.25, 0.3) is 0 Å². The van der Waals surface area contributed by atoms with Crippen LogP contribution >= 0.6 is 11.3 Å². The third-order valence-electron chi connectivity index (χ3n) is 7.43. The summed E-state index contributed by atoms with van der Waals surface area (Å²) in [4.78, 5) is 34.0. The zero-order valence-corrected chi connectivity index (χ0v) is 20.8. The maximum atomic E-state index is 13.6. The average Bonchev–Trinajstić information content (AvgIpc) is 3.24. The molecule has 1 unspecified atom stereocenters. The summed E-state index contributed by atoms with van der Waals surface area (Å²) < 4.78 is 1.32. The standard InChI is InChI=1S/C29H29N3O2S/c1-2-26-24(23-12-5-6-13-27(23)35-26)17-30-14-15-32-25(18-30)29(34)31(19-28(32)33)16-21-10-7-9-20-8-3-4-11-22(20)21/h3-13,25H,2,14-19H2,1H3. The fourth-order valence-corrected chi connectivity index (χ4v) is 6.79. The number of hydrogen-bond donors (Lipinski definition) is 0. The molecule has 2 saturated heterocycles. The van der Waals surface area contributed by atoms with E-state index in [1.54, 1.807) is 4.90 Å². The Bertz CT molecular complexity index is 1420. The Hall–Kier alpha value is -3.22. The van der Waals surface area contributed by atoms with E-state index in [4.69, 9.17) is 0 Å². The number of nitrogens with zero attached hydrogens (tertiary/aromatic N) is 3. The molecule has 3 heterocycles. The molecule has 6 heteroatoms. The molecule has 35 heavy (non-hydrogen) atoms. The number of fused-ring (bicyclic) bond motifs is 3. The fourth-order valence-electron chi connectivity index (χ4n) is 5.64. The van der Waals surface area contributed by atoms with E-state index in [-0.39, 0.29) is 18.4 Å². The summed E-state index contributed by atoms with van der Waals surface area (Å²) >= 11 is 1.87. The summed E-state index contributed by atoms with van der Waals surface area (Å²) in [5.41, 5.74) is 2.46. The molecule has 0 N–H and O–H groups in total. The number of carbonyl (C=O) groups is 2. The summed E-state index contributed by atoms with van der Waals surface area (Å²) in [5.74, 6) is 0.123. The number of benzene rings is 3. The van der Waals surface area contributed by atoms with Gasteiger partial charge in [0.15, 0.2) is 0 Å². The summed E-state index contributed by atoms with van der Waals surface area (Å²) in [5, 5.41) is 3.61. The second-order valence-corrected chi connectivity index (χ2v) is 10.7. The number of carbonyl (C=O) groups excluding carboxylic acids is 2. The van der Waals surface area contributed by atoms with Crippen molar-refractivity contribution >= 4 is 44.0 Å². The van der Waals surface area contributed by atoms with E-state index >= 15 is 0 Å². The highest BCUT2D eigenvalue weighted by molar-refractivity contribution is 7.19. The molecule has 1 atom stereocenters. The Morgan fingerprint density at radius 2 is 1.66 bits per heavy atom. The Morgan fingerprint density at radius 3 is 2.51 bits per heavy atom. The molecule has 0 radical (unpaired) electrons. The lowest BCUT2D eigenvalue weighted by Gasteiger charge is -2.46. The highest BCUT2D eigenvalue weighted by Crippen LogP contribution is 2.33. The topological polar surface area (TPSA) is 43.9 Å². The molecule has 6 rings (SSSR count). The number of thiophene rings is 1. The summed E-state index contributed by atoms with van der Waals surface area (Å²) in [6.45, 7) is 5.65. The molecule has 2 fully saturated rings. The van der Waals surface area contributed by atoms with Crippen LogP contribution in [0, 0.1) is 0 Å². The van der Waals surface area contributed by atoms with Crippen LogP contribution in [-0.2, 0) is 29.1 Å². The SMILES string of the molecule is CCc1sc2ccccc2c1CN1CCN2C(=O)CN(Cc3cccc4ccccc34)C(=O)C2C1. The van der Waals surface area contributed by atoms with Crippen LogP contribution in [-0.4, -0.2) is 58.7 Å². The zero-order valence-electron chi connectivity index (χ0n) is 19.9. The second kappa shape index (κ2) is 9.10. The van der Waals surface area contributed by atoms with E-state index in [0.717, 1.165) is 35.8 Å². The Balaban J connectivity index is 1.23. The lowest BCUT2D eigenvalue weighted by atomic mass is 10.0. The van der Waals surface area contributed by atoms with Crippen LogP contribution in [0.4, 0.5) is 0 Å². The Morgan fingerprint density at radius 1 is 0.886 bits per heavy atom. The predicted octanol–water partition coefficient (Wildman–Crippen LogP) is 4.67. The van der Waals surface area contributed by atoms with Crippen molar-refractivity contribution in [3.63, 3.8) is 0 Å². The zero-order chi connectivity index (χ0) is 23.9. The van der Waals surface area contributed by atoms with Crippen LogP contribution in [0.15, 0.2) is 66.7 Å². The van der Waals surface area contributed by atoms with Gasteiger partial charge in [-0.2, -0.15) is 0 Å². The van der Waals surface area contributed by atoms with Crippen molar-refractivity contribution < 1.29 is 9.59 Å². The monoisotopic (exact) mass is 483 g/mol. The molecular formula is C29H29N3O2S. The third-order valence-corrected chi connectivity index (χ3v) is 8.79. The third kappa shape index (κ3) is 4.01. The minimum absolute atomic E-state index is 0.0599. The van der Waals surface area contributed by atoms with E-state index < -0.39 is 6.04 Å². The largest absolute Gasteiger partial charge is 0.327 e. The first-order valence-corrected chi connectivity index (χ1v) is 13.2. The molecule has 2 aliphatic rings. The molecule has 0 spiro atoms. The summed E-state index contributed by atoms with van der Waals surface area (Å²) in [7, 11) is 0. The smallest absolute Gasteiger partial charge is 0.247 e. The van der Waals surface area contributed by atoms with E-state index in [1.165, 1.54) is 20.5 Å². The highest BCUT2D eigenvalue weighted by Gasteiger charge is 2.42. The molecule has 5 nitrogen and oxygen atoms in total. The van der Waals surface area contributed by atoms with Crippen molar-refractivity contribution in [3.8, 4) is 0 Å². The first-order chi connectivity index (χ1) is 17.1. The van der Waals surface area contributed by atoms with Crippen LogP contribution in [0.25, 0.3) is 20.9 Å². The van der Waals surface area contributed by atoms with Gasteiger partial charge in [-0.1, -0.05) is 67.6 Å². The number of amides is 2. The van der Waals surface area contributed by atoms with Crippen molar-refractivity contribution in [3.05, 3.63) is 82.7 Å². The van der Waals surface area contributed by atoms with Crippen LogP contribution < -0.4 is 0 Å². The molecule has 0 saturated carbocycles. The average molecular weight is 484 g/mol. The maximum absolute atomic E-state index is 13.6. The molecule has 1 aromatic heterocycles. The molecule has 0 bridgehead atoms. The van der Waals surface area contributed by atoms with E-state index in [9.17, 15) is 9.59 Å². The quantitative estimate of drug-likeness (QED) is 0.414. The number of rotatable bonds is 5. The normalized spacial score (nSPS) is 19.1. The van der Waals surface area contributed by atoms with Gasteiger partial charge in [-0.05, 0) is 39.8 Å². The van der Waals surface area contributed by atoms with E-state index in [1.807, 2.05) is 34.4 Å². The van der Waals surface area contributed by atoms with Gasteiger partial charge in [0.2, 0.25) is 11.8 Å². The van der Waals surface area contributed by atoms with Gasteiger partial charge in [-0.3, -0.25) is 14.5 Å². The van der Waals surface area contributed by atoms with Gasteiger partial charge in [-0.25, -0.2) is 0 Å². The van der Waals surface area contributed by atoms with Crippen LogP contribution in [0.3, 0.4) is 0 Å². The molecule has 178 valence electrons. The maximum Gasteiger partial charge on any atom is 0.247 e. The van der Waals surface area contributed by atoms with Crippen LogP contribution in [0.2, 0.25) is 0 Å². The second-order valence-electron chi connectivity index (χ2n) is 9.52. The van der Waals surface area contributed by atoms with E-state index in [2.05, 4.69) is 60.4 Å². The number of hydrogen-bond acceptors (Lipinski definition) is 4. The van der Waals surface area contributed by atoms with Gasteiger partial charge >= 0.3 is 0 Å². The summed E-state index contributed by atoms with van der Waals surface area (Å²) in [6.07, 6.45) is 1.01. The van der Waals surface area contributed by atoms with Crippen molar-refractivity contribution in [2.75, 3.05) is 26.2 Å². The van der Waals surface area contributed by atoms with Gasteiger partial charge in [0.1, 0.15) is 12.6 Å². The Labute approximate surface area is 209 Å². The van der Waals surface area contributed by atoms with Crippen molar-refractivity contribution in [1.29, 1.82) is 0 Å². The first-order valence-electron chi connectivity index (χ1n) is 12.4. The fraction of sp³-hybridized carbons (Fsp3) is 0.310. The first kappa shape index (κ1) is 22.3. The van der Waals surface area contributed by atoms with Gasteiger partial charge in [0.05, 0.1) is 0 Å². The number of aryl methyl sites for hydroxylation is 1. The highest BCUT2D eigenvalue weighted by atomic mass is 32.1. The van der Waals surface area contributed by atoms with Crippen molar-refractivity contribution in [2.24, 2.45) is 0 Å². The van der Waals surface area contributed by atoms with Crippen LogP contribution in [0.5, 0.6) is 0 Å². The molecule has 2 aliphatic heterocycles. The minimum Gasteiger partial charge on any atom is -0.327 e. The predicted molar refractivity (Wildman–Crippen MR) is 141 cm³/mol. The van der Waals surface area contributed by atoms with Gasteiger partial charge in [-0.15, -0.1) is 11.3 Å². The molecule has 4 aromatic rings. The lowest BCUT2D eigenvalue weighted by Crippen LogP contribution is -2.66. The van der Waals surface area contributed by atoms with E-state index in [0.29, 0.717) is 19.6 Å².